The third-order valence-electron chi connectivity index (χ3n) is 4.02. The molecule has 4 rings (SSSR count). The molecule has 0 spiro atoms. The molecule has 1 aliphatic carbocycles. The Kier molecular flexibility index (Phi) is 1.84. The summed E-state index contributed by atoms with van der Waals surface area (Å²) in [6, 6.07) is 17.2. The molecule has 17 heavy (non-hydrogen) atoms. The minimum absolute atomic E-state index is 0.349. The third-order valence-corrected chi connectivity index (χ3v) is 4.02. The summed E-state index contributed by atoms with van der Waals surface area (Å²) in [7, 11) is 0. The lowest BCUT2D eigenvalue weighted by Gasteiger charge is -2.26. The van der Waals surface area contributed by atoms with Gasteiger partial charge in [-0.05, 0) is 23.6 Å². The standard InChI is InChI=1S/C16H14O/c1-2-6-12-10-16-14(9-11(12)5-1)13-7-3-4-8-15(13)17-16/h1-8,14,16H,9-10H2. The van der Waals surface area contributed by atoms with E-state index in [1.807, 2.05) is 0 Å². The molecular weight excluding hydrogens is 208 g/mol. The second kappa shape index (κ2) is 3.36. The summed E-state index contributed by atoms with van der Waals surface area (Å²) < 4.78 is 6.07. The van der Waals surface area contributed by atoms with Crippen LogP contribution in [0.15, 0.2) is 48.5 Å². The van der Waals surface area contributed by atoms with Crippen LogP contribution in [0.2, 0.25) is 0 Å². The zero-order chi connectivity index (χ0) is 11.2. The van der Waals surface area contributed by atoms with Crippen molar-refractivity contribution >= 4 is 0 Å². The molecule has 0 radical (unpaired) electrons. The van der Waals surface area contributed by atoms with Gasteiger partial charge in [-0.15, -0.1) is 0 Å². The van der Waals surface area contributed by atoms with Gasteiger partial charge in [0.15, 0.2) is 0 Å². The van der Waals surface area contributed by atoms with Crippen molar-refractivity contribution in [3.63, 3.8) is 0 Å². The Bertz CT molecular complexity index is 567. The summed E-state index contributed by atoms with van der Waals surface area (Å²) in [4.78, 5) is 0. The highest BCUT2D eigenvalue weighted by atomic mass is 16.5. The van der Waals surface area contributed by atoms with E-state index in [2.05, 4.69) is 48.5 Å². The smallest absolute Gasteiger partial charge is 0.123 e. The summed E-state index contributed by atoms with van der Waals surface area (Å²) in [5.41, 5.74) is 4.35. The molecule has 0 fully saturated rings. The van der Waals surface area contributed by atoms with E-state index in [-0.39, 0.29) is 0 Å². The Morgan fingerprint density at radius 2 is 1.53 bits per heavy atom. The summed E-state index contributed by atoms with van der Waals surface area (Å²) in [5.74, 6) is 1.65. The molecule has 0 saturated carbocycles. The molecule has 2 atom stereocenters. The van der Waals surface area contributed by atoms with Gasteiger partial charge in [-0.1, -0.05) is 42.5 Å². The van der Waals surface area contributed by atoms with Gasteiger partial charge in [-0.25, -0.2) is 0 Å². The number of hydrogen-bond acceptors (Lipinski definition) is 1. The first kappa shape index (κ1) is 9.29. The molecule has 2 aliphatic rings. The predicted octanol–water partition coefficient (Wildman–Crippen LogP) is 3.33. The molecule has 0 saturated heterocycles. The zero-order valence-electron chi connectivity index (χ0n) is 9.60. The normalized spacial score (nSPS) is 24.5. The average molecular weight is 222 g/mol. The van der Waals surface area contributed by atoms with Gasteiger partial charge in [0.2, 0.25) is 0 Å². The van der Waals surface area contributed by atoms with Crippen LogP contribution in [0.25, 0.3) is 0 Å². The first-order valence-electron chi connectivity index (χ1n) is 6.24. The van der Waals surface area contributed by atoms with Crippen molar-refractivity contribution in [2.45, 2.75) is 24.9 Å². The van der Waals surface area contributed by atoms with Crippen molar-refractivity contribution in [1.82, 2.24) is 0 Å². The number of para-hydroxylation sites is 1. The van der Waals surface area contributed by atoms with Crippen LogP contribution in [-0.2, 0) is 12.8 Å². The largest absolute Gasteiger partial charge is 0.489 e. The minimum Gasteiger partial charge on any atom is -0.489 e. The summed E-state index contributed by atoms with van der Waals surface area (Å²) in [6.45, 7) is 0. The molecule has 2 aromatic carbocycles. The van der Waals surface area contributed by atoms with Crippen molar-refractivity contribution in [3.05, 3.63) is 65.2 Å². The third kappa shape index (κ3) is 1.32. The van der Waals surface area contributed by atoms with E-state index in [1.54, 1.807) is 0 Å². The van der Waals surface area contributed by atoms with E-state index in [1.165, 1.54) is 16.7 Å². The highest BCUT2D eigenvalue weighted by molar-refractivity contribution is 5.45. The fourth-order valence-electron chi connectivity index (χ4n) is 3.17. The first-order valence-corrected chi connectivity index (χ1v) is 6.24. The van der Waals surface area contributed by atoms with Gasteiger partial charge >= 0.3 is 0 Å². The van der Waals surface area contributed by atoms with E-state index in [0.717, 1.165) is 18.6 Å². The van der Waals surface area contributed by atoms with Crippen molar-refractivity contribution in [2.75, 3.05) is 0 Å². The van der Waals surface area contributed by atoms with Crippen LogP contribution in [0.1, 0.15) is 22.6 Å². The maximum Gasteiger partial charge on any atom is 0.123 e. The molecule has 84 valence electrons. The van der Waals surface area contributed by atoms with Gasteiger partial charge in [0.25, 0.3) is 0 Å². The van der Waals surface area contributed by atoms with Gasteiger partial charge in [0, 0.05) is 17.9 Å². The Balaban J connectivity index is 1.79. The summed E-state index contributed by atoms with van der Waals surface area (Å²) >= 11 is 0. The van der Waals surface area contributed by atoms with Crippen molar-refractivity contribution in [1.29, 1.82) is 0 Å². The molecular formula is C16H14O. The second-order valence-electron chi connectivity index (χ2n) is 4.98. The van der Waals surface area contributed by atoms with Gasteiger partial charge in [0.05, 0.1) is 0 Å². The van der Waals surface area contributed by atoms with Crippen LogP contribution in [0, 0.1) is 0 Å². The van der Waals surface area contributed by atoms with Crippen LogP contribution in [-0.4, -0.2) is 6.10 Å². The van der Waals surface area contributed by atoms with Crippen molar-refractivity contribution < 1.29 is 4.74 Å². The molecule has 1 heteroatoms. The van der Waals surface area contributed by atoms with E-state index >= 15 is 0 Å². The molecule has 0 N–H and O–H groups in total. The second-order valence-corrected chi connectivity index (χ2v) is 4.98. The lowest BCUT2D eigenvalue weighted by Crippen LogP contribution is -2.28. The number of ether oxygens (including phenoxy) is 1. The summed E-state index contributed by atoms with van der Waals surface area (Å²) in [5, 5.41) is 0. The van der Waals surface area contributed by atoms with Crippen molar-refractivity contribution in [2.24, 2.45) is 0 Å². The Labute approximate surface area is 101 Å². The van der Waals surface area contributed by atoms with Gasteiger partial charge in [0.1, 0.15) is 11.9 Å². The molecule has 1 aliphatic heterocycles. The minimum atomic E-state index is 0.349. The molecule has 1 heterocycles. The highest BCUT2D eigenvalue weighted by Crippen LogP contribution is 2.44. The molecule has 2 unspecified atom stereocenters. The maximum atomic E-state index is 6.07. The molecule has 0 aromatic heterocycles. The predicted molar refractivity (Wildman–Crippen MR) is 67.4 cm³/mol. The quantitative estimate of drug-likeness (QED) is 0.664. The molecule has 2 aromatic rings. The number of rotatable bonds is 0. The number of fused-ring (bicyclic) bond motifs is 4. The van der Waals surface area contributed by atoms with Crippen LogP contribution in [0.3, 0.4) is 0 Å². The highest BCUT2D eigenvalue weighted by Gasteiger charge is 2.37. The van der Waals surface area contributed by atoms with Gasteiger partial charge in [-0.3, -0.25) is 0 Å². The Morgan fingerprint density at radius 1 is 0.824 bits per heavy atom. The lowest BCUT2D eigenvalue weighted by atomic mass is 9.79. The molecule has 1 nitrogen and oxygen atoms in total. The van der Waals surface area contributed by atoms with E-state index < -0.39 is 0 Å². The van der Waals surface area contributed by atoms with Crippen LogP contribution in [0.4, 0.5) is 0 Å². The van der Waals surface area contributed by atoms with Gasteiger partial charge in [-0.2, -0.15) is 0 Å². The van der Waals surface area contributed by atoms with Crippen molar-refractivity contribution in [3.8, 4) is 5.75 Å². The SMILES string of the molecule is c1ccc2c(c1)CC1Oc3ccccc3C1C2. The average Bonchev–Trinajstić information content (AvgIpc) is 2.73. The summed E-state index contributed by atoms with van der Waals surface area (Å²) in [6.07, 6.45) is 2.52. The van der Waals surface area contributed by atoms with Crippen LogP contribution >= 0.6 is 0 Å². The number of hydrogen-bond donors (Lipinski definition) is 0. The van der Waals surface area contributed by atoms with E-state index in [9.17, 15) is 0 Å². The van der Waals surface area contributed by atoms with E-state index in [4.69, 9.17) is 4.74 Å². The maximum absolute atomic E-state index is 6.07. The molecule has 0 bridgehead atoms. The lowest BCUT2D eigenvalue weighted by molar-refractivity contribution is 0.197. The fraction of sp³-hybridized carbons (Fsp3) is 0.250. The molecule has 0 amide bonds. The Hall–Kier alpha value is -1.76. The topological polar surface area (TPSA) is 9.23 Å². The first-order chi connectivity index (χ1) is 8.42. The zero-order valence-corrected chi connectivity index (χ0v) is 9.60. The monoisotopic (exact) mass is 222 g/mol. The Morgan fingerprint density at radius 3 is 2.41 bits per heavy atom. The van der Waals surface area contributed by atoms with Crippen LogP contribution < -0.4 is 4.74 Å². The number of benzene rings is 2. The van der Waals surface area contributed by atoms with E-state index in [0.29, 0.717) is 12.0 Å². The van der Waals surface area contributed by atoms with Crippen LogP contribution in [0.5, 0.6) is 5.75 Å². The van der Waals surface area contributed by atoms with Gasteiger partial charge < -0.3 is 4.74 Å². The fourth-order valence-corrected chi connectivity index (χ4v) is 3.17.